The fourth-order valence-corrected chi connectivity index (χ4v) is 1.42. The number of fused-ring (bicyclic) bond motifs is 1. The molecule has 2 aromatic carbocycles. The van der Waals surface area contributed by atoms with Crippen molar-refractivity contribution in [2.75, 3.05) is 0 Å². The molecule has 73 valence electrons. The first kappa shape index (κ1) is 15.9. The Labute approximate surface area is 97.3 Å². The summed E-state index contributed by atoms with van der Waals surface area (Å²) in [4.78, 5) is 0. The molecule has 14 heavy (non-hydrogen) atoms. The molecule has 0 heterocycles. The van der Waals surface area contributed by atoms with Crippen LogP contribution >= 0.6 is 0 Å². The first-order valence-corrected chi connectivity index (χ1v) is 4.04. The predicted molar refractivity (Wildman–Crippen MR) is 48.9 cm³/mol. The molecule has 2 rings (SSSR count). The van der Waals surface area contributed by atoms with Crippen molar-refractivity contribution in [1.29, 1.82) is 0 Å². The summed E-state index contributed by atoms with van der Waals surface area (Å²) < 4.78 is 0. The second kappa shape index (κ2) is 6.80. The molecule has 0 bridgehead atoms. The van der Waals surface area contributed by atoms with Gasteiger partial charge >= 0.3 is 21.7 Å². The molecule has 0 spiro atoms. The minimum atomic E-state index is 0. The molecule has 0 aromatic heterocycles. The zero-order chi connectivity index (χ0) is 7.68. The average molecular weight is 229 g/mol. The Balaban J connectivity index is 0. The van der Waals surface area contributed by atoms with Crippen molar-refractivity contribution < 1.29 is 31.1 Å². The fraction of sp³-hybridized carbons (Fsp3) is 0.182. The van der Waals surface area contributed by atoms with Gasteiger partial charge in [0, 0.05) is 0 Å². The molecule has 0 aliphatic carbocycles. The van der Waals surface area contributed by atoms with Crippen LogP contribution < -0.4 is 9.41 Å². The molecule has 0 aliphatic heterocycles. The van der Waals surface area contributed by atoms with E-state index in [1.807, 2.05) is 0 Å². The van der Waals surface area contributed by atoms with Crippen LogP contribution in [0.15, 0.2) is 36.4 Å². The van der Waals surface area contributed by atoms with Gasteiger partial charge in [-0.05, 0) is 6.42 Å². The Bertz CT molecular complexity index is 335. The molecule has 0 nitrogen and oxygen atoms in total. The van der Waals surface area contributed by atoms with Crippen molar-refractivity contribution in [2.24, 2.45) is 0 Å². The van der Waals surface area contributed by atoms with E-state index in [4.69, 9.17) is 0 Å². The maximum Gasteiger partial charge on any atom is 3.00 e. The molecular formula is C11H11F2Ti. The molecular weight excluding hydrogens is 218 g/mol. The molecule has 2 aromatic rings. The minimum absolute atomic E-state index is 0. The Morgan fingerprint density at radius 1 is 1.14 bits per heavy atom. The zero-order valence-corrected chi connectivity index (χ0v) is 9.49. The summed E-state index contributed by atoms with van der Waals surface area (Å²) in [6.45, 7) is 2.19. The summed E-state index contributed by atoms with van der Waals surface area (Å²) in [5.74, 6) is 0. The molecule has 0 fully saturated rings. The molecule has 0 saturated heterocycles. The number of aryl methyl sites for hydroxylation is 1. The van der Waals surface area contributed by atoms with Gasteiger partial charge in [-0.3, -0.25) is 0 Å². The fourth-order valence-electron chi connectivity index (χ4n) is 1.42. The standard InChI is InChI=1S/C11H11.2FH.Ti/c1-2-9-7-10-5-3-4-6-11(10)8-9;;;/h3-8H,2H2,1H3;2*1H;/q-1;;;+3/p-2. The average Bonchev–Trinajstić information content (AvgIpc) is 2.46. The van der Waals surface area contributed by atoms with Gasteiger partial charge in [-0.2, -0.15) is 6.07 Å². The predicted octanol–water partition coefficient (Wildman–Crippen LogP) is -2.87. The molecule has 0 saturated carbocycles. The van der Waals surface area contributed by atoms with Crippen molar-refractivity contribution in [1.82, 2.24) is 0 Å². The van der Waals surface area contributed by atoms with Gasteiger partial charge in [0.05, 0.1) is 0 Å². The first-order chi connectivity index (χ1) is 5.40. The van der Waals surface area contributed by atoms with Gasteiger partial charge in [0.15, 0.2) is 0 Å². The number of hydrogen-bond donors (Lipinski definition) is 0. The van der Waals surface area contributed by atoms with Gasteiger partial charge in [-0.15, -0.1) is 40.6 Å². The summed E-state index contributed by atoms with van der Waals surface area (Å²) in [5.41, 5.74) is 1.44. The van der Waals surface area contributed by atoms with Crippen LogP contribution in [-0.4, -0.2) is 0 Å². The monoisotopic (exact) mass is 229 g/mol. The molecule has 0 amide bonds. The van der Waals surface area contributed by atoms with Crippen molar-refractivity contribution in [2.45, 2.75) is 13.3 Å². The molecule has 0 atom stereocenters. The summed E-state index contributed by atoms with van der Waals surface area (Å²) in [6, 6.07) is 13.0. The molecule has 0 N–H and O–H groups in total. The third-order valence-electron chi connectivity index (χ3n) is 2.09. The van der Waals surface area contributed by atoms with Crippen LogP contribution in [0.2, 0.25) is 0 Å². The number of halogens is 2. The van der Waals surface area contributed by atoms with E-state index in [9.17, 15) is 0 Å². The van der Waals surface area contributed by atoms with Crippen LogP contribution in [0.1, 0.15) is 12.5 Å². The number of rotatable bonds is 1. The summed E-state index contributed by atoms with van der Waals surface area (Å²) >= 11 is 0. The molecule has 0 unspecified atom stereocenters. The SMILES string of the molecule is CCc1cc2ccccc2[cH-]1.[F-].[F-].[Ti+3]. The summed E-state index contributed by atoms with van der Waals surface area (Å²) in [7, 11) is 0. The van der Waals surface area contributed by atoms with Crippen LogP contribution in [0.5, 0.6) is 0 Å². The van der Waals surface area contributed by atoms with Gasteiger partial charge in [0.2, 0.25) is 0 Å². The van der Waals surface area contributed by atoms with Gasteiger partial charge in [-0.25, -0.2) is 0 Å². The second-order valence-electron chi connectivity index (χ2n) is 2.85. The van der Waals surface area contributed by atoms with Gasteiger partial charge in [-0.1, -0.05) is 13.0 Å². The normalized spacial score (nSPS) is 8.36. The third-order valence-corrected chi connectivity index (χ3v) is 2.09. The smallest absolute Gasteiger partial charge is 1.00 e. The molecule has 0 aliphatic rings. The van der Waals surface area contributed by atoms with Crippen molar-refractivity contribution in [3.8, 4) is 0 Å². The van der Waals surface area contributed by atoms with Gasteiger partial charge < -0.3 is 9.41 Å². The van der Waals surface area contributed by atoms with Crippen molar-refractivity contribution in [3.05, 3.63) is 42.0 Å². The first-order valence-electron chi connectivity index (χ1n) is 4.04. The minimum Gasteiger partial charge on any atom is -1.00 e. The maximum atomic E-state index is 2.26. The Kier molecular flexibility index (Phi) is 7.70. The Morgan fingerprint density at radius 2 is 1.79 bits per heavy atom. The van der Waals surface area contributed by atoms with Crippen molar-refractivity contribution >= 4 is 10.8 Å². The summed E-state index contributed by atoms with van der Waals surface area (Å²) in [5, 5.41) is 2.73. The Hall–Kier alpha value is -0.596. The van der Waals surface area contributed by atoms with E-state index in [-0.39, 0.29) is 31.1 Å². The van der Waals surface area contributed by atoms with E-state index in [0.29, 0.717) is 0 Å². The van der Waals surface area contributed by atoms with Gasteiger partial charge in [0.25, 0.3) is 0 Å². The topological polar surface area (TPSA) is 0 Å². The quantitative estimate of drug-likeness (QED) is 0.364. The third kappa shape index (κ3) is 2.97. The van der Waals surface area contributed by atoms with E-state index in [2.05, 4.69) is 43.3 Å². The largest absolute Gasteiger partial charge is 3.00 e. The molecule has 3 heteroatoms. The summed E-state index contributed by atoms with van der Waals surface area (Å²) in [6.07, 6.45) is 1.13. The maximum absolute atomic E-state index is 2.26. The van der Waals surface area contributed by atoms with Gasteiger partial charge in [0.1, 0.15) is 0 Å². The van der Waals surface area contributed by atoms with E-state index in [1.54, 1.807) is 0 Å². The Morgan fingerprint density at radius 3 is 2.36 bits per heavy atom. The van der Waals surface area contributed by atoms with E-state index >= 15 is 0 Å². The van der Waals surface area contributed by atoms with Crippen LogP contribution in [0.3, 0.4) is 0 Å². The van der Waals surface area contributed by atoms with E-state index in [1.165, 1.54) is 16.3 Å². The number of hydrogen-bond acceptors (Lipinski definition) is 0. The van der Waals surface area contributed by atoms with Crippen molar-refractivity contribution in [3.63, 3.8) is 0 Å². The van der Waals surface area contributed by atoms with Crippen LogP contribution in [0.25, 0.3) is 10.8 Å². The van der Waals surface area contributed by atoms with E-state index in [0.717, 1.165) is 6.42 Å². The van der Waals surface area contributed by atoms with E-state index < -0.39 is 0 Å². The van der Waals surface area contributed by atoms with Crippen LogP contribution in [0, 0.1) is 0 Å². The molecule has 1 radical (unpaired) electrons. The zero-order valence-electron chi connectivity index (χ0n) is 7.93. The number of benzene rings is 1. The van der Waals surface area contributed by atoms with Crippen LogP contribution in [-0.2, 0) is 28.1 Å². The second-order valence-corrected chi connectivity index (χ2v) is 2.85. The van der Waals surface area contributed by atoms with Crippen LogP contribution in [0.4, 0.5) is 0 Å².